The van der Waals surface area contributed by atoms with Gasteiger partial charge in [0.2, 0.25) is 0 Å². The van der Waals surface area contributed by atoms with Crippen LogP contribution in [0, 0.1) is 11.3 Å². The van der Waals surface area contributed by atoms with E-state index in [4.69, 9.17) is 11.0 Å². The van der Waals surface area contributed by atoms with Gasteiger partial charge in [-0.1, -0.05) is 0 Å². The summed E-state index contributed by atoms with van der Waals surface area (Å²) in [6, 6.07) is 2.07. The molecular weight excluding hydrogens is 242 g/mol. The molecule has 0 atom stereocenters. The first-order valence-corrected chi connectivity index (χ1v) is 6.17. The van der Waals surface area contributed by atoms with Gasteiger partial charge >= 0.3 is 0 Å². The van der Waals surface area contributed by atoms with Gasteiger partial charge in [-0.3, -0.25) is 0 Å². The molecule has 0 spiro atoms. The molecule has 0 amide bonds. The highest BCUT2D eigenvalue weighted by Gasteiger charge is 2.15. The van der Waals surface area contributed by atoms with Crippen molar-refractivity contribution >= 4 is 33.7 Å². The molecule has 0 unspecified atom stereocenters. The lowest BCUT2D eigenvalue weighted by Gasteiger charge is -2.15. The first kappa shape index (κ1) is 10.9. The summed E-state index contributed by atoms with van der Waals surface area (Å²) in [4.78, 5) is 6.12. The quantitative estimate of drug-likeness (QED) is 0.898. The molecule has 0 aromatic carbocycles. The van der Waals surface area contributed by atoms with Crippen molar-refractivity contribution in [2.75, 3.05) is 17.7 Å². The SMILES string of the molecule is CN(Cc1cscn1)c1snc(N)c1C#N. The number of nitriles is 1. The van der Waals surface area contributed by atoms with Crippen molar-refractivity contribution in [2.24, 2.45) is 0 Å². The molecule has 0 radical (unpaired) electrons. The third-order valence-electron chi connectivity index (χ3n) is 2.04. The molecule has 2 aromatic heterocycles. The van der Waals surface area contributed by atoms with Crippen LogP contribution >= 0.6 is 22.9 Å². The highest BCUT2D eigenvalue weighted by Crippen LogP contribution is 2.29. The number of aromatic nitrogens is 2. The highest BCUT2D eigenvalue weighted by molar-refractivity contribution is 7.10. The fraction of sp³-hybridized carbons (Fsp3) is 0.222. The number of rotatable bonds is 3. The minimum absolute atomic E-state index is 0.299. The Labute approximate surface area is 101 Å². The highest BCUT2D eigenvalue weighted by atomic mass is 32.1. The summed E-state index contributed by atoms with van der Waals surface area (Å²) in [6.45, 7) is 0.653. The Balaban J connectivity index is 2.21. The van der Waals surface area contributed by atoms with Crippen LogP contribution in [-0.4, -0.2) is 16.4 Å². The van der Waals surface area contributed by atoms with Gasteiger partial charge in [0.05, 0.1) is 17.7 Å². The third-order valence-corrected chi connectivity index (χ3v) is 3.65. The second-order valence-corrected chi connectivity index (χ2v) is 4.67. The average Bonchev–Trinajstić information content (AvgIpc) is 2.87. The number of nitrogens with two attached hydrogens (primary N) is 1. The van der Waals surface area contributed by atoms with Gasteiger partial charge in [0.15, 0.2) is 5.82 Å². The summed E-state index contributed by atoms with van der Waals surface area (Å²) in [6.07, 6.45) is 0. The molecule has 2 heterocycles. The van der Waals surface area contributed by atoms with Gasteiger partial charge in [-0.05, 0) is 11.5 Å². The molecule has 82 valence electrons. The van der Waals surface area contributed by atoms with Gasteiger partial charge in [-0.2, -0.15) is 9.64 Å². The molecule has 0 aliphatic rings. The average molecular weight is 251 g/mol. The standard InChI is InChI=1S/C9H9N5S2/c1-14(3-6-4-15-5-12-6)9-7(2-10)8(11)13-16-9/h4-5H,3H2,1H3,(H2,11,13). The summed E-state index contributed by atoms with van der Waals surface area (Å²) in [5.74, 6) is 0.299. The Kier molecular flexibility index (Phi) is 3.03. The number of hydrogen-bond donors (Lipinski definition) is 1. The van der Waals surface area contributed by atoms with Crippen LogP contribution in [0.2, 0.25) is 0 Å². The van der Waals surface area contributed by atoms with Gasteiger partial charge in [0, 0.05) is 12.4 Å². The Morgan fingerprint density at radius 3 is 3.06 bits per heavy atom. The molecular formula is C9H9N5S2. The first-order valence-electron chi connectivity index (χ1n) is 4.46. The van der Waals surface area contributed by atoms with Crippen LogP contribution in [0.25, 0.3) is 0 Å². The topological polar surface area (TPSA) is 78.8 Å². The third kappa shape index (κ3) is 1.98. The zero-order valence-electron chi connectivity index (χ0n) is 8.54. The molecule has 0 bridgehead atoms. The zero-order chi connectivity index (χ0) is 11.5. The molecule has 2 N–H and O–H groups in total. The summed E-state index contributed by atoms with van der Waals surface area (Å²) in [5, 5.41) is 11.7. The van der Waals surface area contributed by atoms with Crippen LogP contribution in [0.3, 0.4) is 0 Å². The summed E-state index contributed by atoms with van der Waals surface area (Å²) >= 11 is 2.79. The molecule has 16 heavy (non-hydrogen) atoms. The van der Waals surface area contributed by atoms with Gasteiger partial charge in [-0.15, -0.1) is 11.3 Å². The first-order chi connectivity index (χ1) is 7.72. The predicted octanol–water partition coefficient (Wildman–Crippen LogP) is 1.69. The molecule has 0 saturated heterocycles. The van der Waals surface area contributed by atoms with E-state index in [0.29, 0.717) is 17.9 Å². The largest absolute Gasteiger partial charge is 0.382 e. The van der Waals surface area contributed by atoms with Crippen LogP contribution in [-0.2, 0) is 6.54 Å². The molecule has 0 aliphatic heterocycles. The number of nitrogen functional groups attached to an aromatic ring is 1. The van der Waals surface area contributed by atoms with Gasteiger partial charge in [0.1, 0.15) is 16.6 Å². The summed E-state index contributed by atoms with van der Waals surface area (Å²) < 4.78 is 3.98. The molecule has 0 saturated carbocycles. The molecule has 5 nitrogen and oxygen atoms in total. The lowest BCUT2D eigenvalue weighted by atomic mass is 10.3. The van der Waals surface area contributed by atoms with Crippen molar-refractivity contribution < 1.29 is 0 Å². The van der Waals surface area contributed by atoms with Crippen LogP contribution < -0.4 is 10.6 Å². The van der Waals surface area contributed by atoms with E-state index in [1.165, 1.54) is 11.5 Å². The monoisotopic (exact) mass is 251 g/mol. The minimum Gasteiger partial charge on any atom is -0.382 e. The van der Waals surface area contributed by atoms with E-state index in [1.807, 2.05) is 17.3 Å². The van der Waals surface area contributed by atoms with Crippen LogP contribution in [0.4, 0.5) is 10.8 Å². The maximum absolute atomic E-state index is 8.96. The second kappa shape index (κ2) is 4.47. The molecule has 2 aromatic rings. The van der Waals surface area contributed by atoms with E-state index in [0.717, 1.165) is 10.7 Å². The van der Waals surface area contributed by atoms with E-state index in [-0.39, 0.29) is 0 Å². The van der Waals surface area contributed by atoms with Crippen molar-refractivity contribution in [2.45, 2.75) is 6.54 Å². The normalized spacial score (nSPS) is 10.0. The van der Waals surface area contributed by atoms with Crippen LogP contribution in [0.15, 0.2) is 10.9 Å². The van der Waals surface area contributed by atoms with Gasteiger partial charge in [0.25, 0.3) is 0 Å². The van der Waals surface area contributed by atoms with E-state index in [1.54, 1.807) is 16.8 Å². The molecule has 0 aliphatic carbocycles. The van der Waals surface area contributed by atoms with Crippen molar-refractivity contribution in [1.29, 1.82) is 5.26 Å². The minimum atomic E-state index is 0.299. The van der Waals surface area contributed by atoms with Crippen molar-refractivity contribution in [3.8, 4) is 6.07 Å². The molecule has 0 fully saturated rings. The van der Waals surface area contributed by atoms with Crippen molar-refractivity contribution in [3.63, 3.8) is 0 Å². The number of thiazole rings is 1. The molecule has 7 heteroatoms. The predicted molar refractivity (Wildman–Crippen MR) is 65.5 cm³/mol. The maximum Gasteiger partial charge on any atom is 0.157 e. The van der Waals surface area contributed by atoms with E-state index in [2.05, 4.69) is 15.4 Å². The number of hydrogen-bond acceptors (Lipinski definition) is 7. The van der Waals surface area contributed by atoms with Gasteiger partial charge < -0.3 is 10.6 Å². The van der Waals surface area contributed by atoms with Crippen LogP contribution in [0.5, 0.6) is 0 Å². The van der Waals surface area contributed by atoms with E-state index in [9.17, 15) is 0 Å². The smallest absolute Gasteiger partial charge is 0.157 e. The zero-order valence-corrected chi connectivity index (χ0v) is 10.2. The Morgan fingerprint density at radius 2 is 2.44 bits per heavy atom. The maximum atomic E-state index is 8.96. The summed E-state index contributed by atoms with van der Waals surface area (Å²) in [5.41, 5.74) is 8.81. The fourth-order valence-electron chi connectivity index (χ4n) is 1.29. The lowest BCUT2D eigenvalue weighted by Crippen LogP contribution is -2.16. The van der Waals surface area contributed by atoms with Crippen molar-refractivity contribution in [1.82, 2.24) is 9.36 Å². The molecule has 2 rings (SSSR count). The van der Waals surface area contributed by atoms with E-state index >= 15 is 0 Å². The lowest BCUT2D eigenvalue weighted by molar-refractivity contribution is 0.903. The Hall–Kier alpha value is -1.65. The van der Waals surface area contributed by atoms with Crippen LogP contribution in [0.1, 0.15) is 11.3 Å². The Morgan fingerprint density at radius 1 is 1.62 bits per heavy atom. The fourth-order valence-corrected chi connectivity index (χ4v) is 2.56. The number of nitrogens with zero attached hydrogens (tertiary/aromatic N) is 4. The van der Waals surface area contributed by atoms with Crippen molar-refractivity contribution in [3.05, 3.63) is 22.1 Å². The van der Waals surface area contributed by atoms with E-state index < -0.39 is 0 Å². The number of anilines is 2. The Bertz CT molecular complexity index is 510. The van der Waals surface area contributed by atoms with Gasteiger partial charge in [-0.25, -0.2) is 4.98 Å². The second-order valence-electron chi connectivity index (χ2n) is 3.20. The summed E-state index contributed by atoms with van der Waals surface area (Å²) in [7, 11) is 1.90.